The maximum absolute atomic E-state index is 13.2. The Morgan fingerprint density at radius 1 is 1.06 bits per heavy atom. The van der Waals surface area contributed by atoms with Gasteiger partial charge in [0.25, 0.3) is 0 Å². The molecule has 0 aliphatic rings. The van der Waals surface area contributed by atoms with E-state index in [0.717, 1.165) is 23.0 Å². The quantitative estimate of drug-likeness (QED) is 0.712. The van der Waals surface area contributed by atoms with E-state index in [4.69, 9.17) is 0 Å². The summed E-state index contributed by atoms with van der Waals surface area (Å²) >= 11 is 0. The van der Waals surface area contributed by atoms with Gasteiger partial charge < -0.3 is 0 Å². The zero-order valence-electron chi connectivity index (χ0n) is 9.83. The SMILES string of the molecule is Cc1ccc(C=O)c(-c2ccc(F)c(C)c2)c1. The molecule has 0 aliphatic carbocycles. The van der Waals surface area contributed by atoms with Gasteiger partial charge in [0.05, 0.1) is 0 Å². The second kappa shape index (κ2) is 4.50. The third-order valence-electron chi connectivity index (χ3n) is 2.80. The van der Waals surface area contributed by atoms with Crippen molar-refractivity contribution in [3.8, 4) is 11.1 Å². The highest BCUT2D eigenvalue weighted by atomic mass is 19.1. The maximum atomic E-state index is 13.2. The summed E-state index contributed by atoms with van der Waals surface area (Å²) in [7, 11) is 0. The van der Waals surface area contributed by atoms with Gasteiger partial charge in [-0.15, -0.1) is 0 Å². The van der Waals surface area contributed by atoms with Crippen LogP contribution in [0.5, 0.6) is 0 Å². The Balaban J connectivity index is 2.62. The number of rotatable bonds is 2. The zero-order chi connectivity index (χ0) is 12.4. The summed E-state index contributed by atoms with van der Waals surface area (Å²) in [6.07, 6.45) is 0.827. The number of hydrogen-bond donors (Lipinski definition) is 0. The Labute approximate surface area is 99.9 Å². The van der Waals surface area contributed by atoms with E-state index in [-0.39, 0.29) is 5.82 Å². The molecule has 2 heteroatoms. The van der Waals surface area contributed by atoms with Crippen LogP contribution in [0.3, 0.4) is 0 Å². The number of aryl methyl sites for hydroxylation is 2. The summed E-state index contributed by atoms with van der Waals surface area (Å²) in [5, 5.41) is 0. The molecule has 2 aromatic rings. The molecule has 86 valence electrons. The Hall–Kier alpha value is -1.96. The van der Waals surface area contributed by atoms with Crippen LogP contribution in [-0.4, -0.2) is 6.29 Å². The number of carbonyl (C=O) groups excluding carboxylic acids is 1. The summed E-state index contributed by atoms with van der Waals surface area (Å²) in [6.45, 7) is 3.68. The Bertz CT molecular complexity index is 573. The molecule has 0 bridgehead atoms. The lowest BCUT2D eigenvalue weighted by molar-refractivity contribution is 0.112. The predicted molar refractivity (Wildman–Crippen MR) is 66.7 cm³/mol. The fraction of sp³-hybridized carbons (Fsp3) is 0.133. The van der Waals surface area contributed by atoms with Crippen LogP contribution in [0.4, 0.5) is 4.39 Å². The van der Waals surface area contributed by atoms with E-state index in [1.807, 2.05) is 19.1 Å². The topological polar surface area (TPSA) is 17.1 Å². The highest BCUT2D eigenvalue weighted by Gasteiger charge is 2.06. The zero-order valence-corrected chi connectivity index (χ0v) is 9.83. The number of carbonyl (C=O) groups is 1. The molecule has 2 rings (SSSR count). The van der Waals surface area contributed by atoms with Gasteiger partial charge in [0.15, 0.2) is 6.29 Å². The van der Waals surface area contributed by atoms with Crippen LogP contribution in [0.15, 0.2) is 36.4 Å². The maximum Gasteiger partial charge on any atom is 0.150 e. The molecule has 0 saturated heterocycles. The molecule has 0 fully saturated rings. The third-order valence-corrected chi connectivity index (χ3v) is 2.80. The van der Waals surface area contributed by atoms with E-state index >= 15 is 0 Å². The number of benzene rings is 2. The van der Waals surface area contributed by atoms with Crippen LogP contribution in [0.1, 0.15) is 21.5 Å². The van der Waals surface area contributed by atoms with Crippen LogP contribution in [-0.2, 0) is 0 Å². The first-order valence-corrected chi connectivity index (χ1v) is 5.44. The van der Waals surface area contributed by atoms with E-state index in [9.17, 15) is 9.18 Å². The summed E-state index contributed by atoms with van der Waals surface area (Å²) in [5.74, 6) is -0.228. The summed E-state index contributed by atoms with van der Waals surface area (Å²) in [4.78, 5) is 11.0. The summed E-state index contributed by atoms with van der Waals surface area (Å²) in [5.41, 5.74) is 4.01. The van der Waals surface area contributed by atoms with Gasteiger partial charge in [-0.25, -0.2) is 4.39 Å². The van der Waals surface area contributed by atoms with Crippen LogP contribution in [0, 0.1) is 19.7 Å². The number of hydrogen-bond acceptors (Lipinski definition) is 1. The lowest BCUT2D eigenvalue weighted by atomic mass is 9.97. The van der Waals surface area contributed by atoms with E-state index < -0.39 is 0 Å². The predicted octanol–water partition coefficient (Wildman–Crippen LogP) is 3.92. The fourth-order valence-electron chi connectivity index (χ4n) is 1.84. The van der Waals surface area contributed by atoms with Gasteiger partial charge in [-0.3, -0.25) is 4.79 Å². The Kier molecular flexibility index (Phi) is 3.05. The average molecular weight is 228 g/mol. The first-order chi connectivity index (χ1) is 8.11. The molecule has 0 saturated carbocycles. The minimum absolute atomic E-state index is 0.228. The number of aldehydes is 1. The van der Waals surface area contributed by atoms with Gasteiger partial charge in [0.1, 0.15) is 5.82 Å². The number of halogens is 1. The molecule has 0 N–H and O–H groups in total. The molecule has 0 aromatic heterocycles. The van der Waals surface area contributed by atoms with Gasteiger partial charge in [-0.2, -0.15) is 0 Å². The van der Waals surface area contributed by atoms with Gasteiger partial charge in [-0.1, -0.05) is 29.8 Å². The highest BCUT2D eigenvalue weighted by molar-refractivity contribution is 5.87. The third kappa shape index (κ3) is 2.26. The normalized spacial score (nSPS) is 10.3. The van der Waals surface area contributed by atoms with Gasteiger partial charge >= 0.3 is 0 Å². The van der Waals surface area contributed by atoms with E-state index in [1.54, 1.807) is 25.1 Å². The molecule has 0 amide bonds. The van der Waals surface area contributed by atoms with Crippen molar-refractivity contribution in [3.63, 3.8) is 0 Å². The molecule has 2 aromatic carbocycles. The molecule has 0 unspecified atom stereocenters. The second-order valence-corrected chi connectivity index (χ2v) is 4.17. The summed E-state index contributed by atoms with van der Waals surface area (Å²) in [6, 6.07) is 10.5. The molecule has 0 radical (unpaired) electrons. The van der Waals surface area contributed by atoms with Crippen LogP contribution >= 0.6 is 0 Å². The fourth-order valence-corrected chi connectivity index (χ4v) is 1.84. The van der Waals surface area contributed by atoms with Crippen molar-refractivity contribution in [2.24, 2.45) is 0 Å². The smallest absolute Gasteiger partial charge is 0.150 e. The first kappa shape index (κ1) is 11.5. The molecule has 0 aliphatic heterocycles. The van der Waals surface area contributed by atoms with E-state index in [2.05, 4.69) is 0 Å². The Morgan fingerprint density at radius 2 is 1.82 bits per heavy atom. The largest absolute Gasteiger partial charge is 0.298 e. The van der Waals surface area contributed by atoms with Crippen molar-refractivity contribution in [1.82, 2.24) is 0 Å². The van der Waals surface area contributed by atoms with Gasteiger partial charge in [0.2, 0.25) is 0 Å². The lowest BCUT2D eigenvalue weighted by Gasteiger charge is -2.08. The van der Waals surface area contributed by atoms with Crippen molar-refractivity contribution < 1.29 is 9.18 Å². The molecule has 0 spiro atoms. The van der Waals surface area contributed by atoms with Crippen LogP contribution in [0.25, 0.3) is 11.1 Å². The highest BCUT2D eigenvalue weighted by Crippen LogP contribution is 2.25. The molecular weight excluding hydrogens is 215 g/mol. The Morgan fingerprint density at radius 3 is 2.47 bits per heavy atom. The molecule has 0 heterocycles. The summed E-state index contributed by atoms with van der Waals surface area (Å²) < 4.78 is 13.2. The van der Waals surface area contributed by atoms with Gasteiger partial charge in [0, 0.05) is 5.56 Å². The second-order valence-electron chi connectivity index (χ2n) is 4.17. The monoisotopic (exact) mass is 228 g/mol. The van der Waals surface area contributed by atoms with Crippen molar-refractivity contribution >= 4 is 6.29 Å². The molecule has 17 heavy (non-hydrogen) atoms. The van der Waals surface area contributed by atoms with E-state index in [0.29, 0.717) is 11.1 Å². The molecular formula is C15H13FO. The standard InChI is InChI=1S/C15H13FO/c1-10-3-4-13(9-17)14(7-10)12-5-6-15(16)11(2)8-12/h3-9H,1-2H3. The molecule has 1 nitrogen and oxygen atoms in total. The minimum atomic E-state index is -0.228. The average Bonchev–Trinajstić information content (AvgIpc) is 2.32. The van der Waals surface area contributed by atoms with Crippen molar-refractivity contribution in [2.45, 2.75) is 13.8 Å². The molecule has 0 atom stereocenters. The van der Waals surface area contributed by atoms with Gasteiger partial charge in [-0.05, 0) is 42.7 Å². The van der Waals surface area contributed by atoms with Crippen molar-refractivity contribution in [3.05, 3.63) is 58.9 Å². The van der Waals surface area contributed by atoms with Crippen LogP contribution < -0.4 is 0 Å². The lowest BCUT2D eigenvalue weighted by Crippen LogP contribution is -1.90. The van der Waals surface area contributed by atoms with Crippen molar-refractivity contribution in [2.75, 3.05) is 0 Å². The van der Waals surface area contributed by atoms with Crippen molar-refractivity contribution in [1.29, 1.82) is 0 Å². The first-order valence-electron chi connectivity index (χ1n) is 5.44. The van der Waals surface area contributed by atoms with Crippen LogP contribution in [0.2, 0.25) is 0 Å². The van der Waals surface area contributed by atoms with E-state index in [1.165, 1.54) is 6.07 Å². The minimum Gasteiger partial charge on any atom is -0.298 e.